The standard InChI is InChI=1S/C31H31N3O12/c1-30(45)13-7-5-9-17(35)19(13)23(36)20-14(30)10-15-22(34(2)3)24(37)21(26(39)31(15,46)25(20)38)27(40)33-11-32-16-8-4-6-12(28(41)42)18(16)29(43)44/h4-9,14-15,22,32,35-36,39,45-46H,10-11H2,1-3H3,(H,33,40)(H,41,42)(H,43,44)/t14-,15-,22-,30-,31-/m0/s1. The second kappa shape index (κ2) is 11.0. The lowest BCUT2D eigenvalue weighted by atomic mass is 9.54. The van der Waals surface area contributed by atoms with Crippen LogP contribution in [0.1, 0.15) is 45.2 Å². The van der Waals surface area contributed by atoms with Crippen LogP contribution in [-0.4, -0.2) is 102 Å². The number of aromatic carboxylic acids is 2. The molecule has 0 saturated heterocycles. The van der Waals surface area contributed by atoms with Crippen molar-refractivity contribution in [3.05, 3.63) is 75.6 Å². The fourth-order valence-corrected chi connectivity index (χ4v) is 6.90. The molecule has 0 radical (unpaired) electrons. The van der Waals surface area contributed by atoms with Crippen LogP contribution in [0.4, 0.5) is 5.69 Å². The Labute approximate surface area is 260 Å². The van der Waals surface area contributed by atoms with Crippen LogP contribution < -0.4 is 10.6 Å². The largest absolute Gasteiger partial charge is 0.508 e. The van der Waals surface area contributed by atoms with Gasteiger partial charge in [-0.3, -0.25) is 19.3 Å². The molecule has 0 unspecified atom stereocenters. The van der Waals surface area contributed by atoms with E-state index in [2.05, 4.69) is 10.6 Å². The molecular formula is C31H31N3O12. The second-order valence-electron chi connectivity index (χ2n) is 11.8. The average molecular weight is 638 g/mol. The summed E-state index contributed by atoms with van der Waals surface area (Å²) in [4.78, 5) is 65.9. The predicted molar refractivity (Wildman–Crippen MR) is 158 cm³/mol. The van der Waals surface area contributed by atoms with E-state index in [0.29, 0.717) is 0 Å². The number of amides is 1. The number of aliphatic hydroxyl groups excluding tert-OH is 2. The number of rotatable bonds is 7. The highest BCUT2D eigenvalue weighted by atomic mass is 16.4. The van der Waals surface area contributed by atoms with E-state index in [4.69, 9.17) is 0 Å². The first kappa shape index (κ1) is 32.2. The fourth-order valence-electron chi connectivity index (χ4n) is 6.90. The van der Waals surface area contributed by atoms with Crippen LogP contribution in [-0.2, 0) is 20.0 Å². The topological polar surface area (TPSA) is 254 Å². The molecule has 9 N–H and O–H groups in total. The van der Waals surface area contributed by atoms with E-state index >= 15 is 0 Å². The third kappa shape index (κ3) is 4.50. The van der Waals surface area contributed by atoms with Gasteiger partial charge in [0.25, 0.3) is 5.91 Å². The van der Waals surface area contributed by atoms with E-state index in [1.54, 1.807) is 0 Å². The Balaban J connectivity index is 1.55. The van der Waals surface area contributed by atoms with Crippen LogP contribution in [0.5, 0.6) is 5.75 Å². The average Bonchev–Trinajstić information content (AvgIpc) is 2.97. The Morgan fingerprint density at radius 1 is 0.978 bits per heavy atom. The van der Waals surface area contributed by atoms with Gasteiger partial charge in [0, 0.05) is 17.4 Å². The van der Waals surface area contributed by atoms with Gasteiger partial charge in [-0.1, -0.05) is 18.2 Å². The summed E-state index contributed by atoms with van der Waals surface area (Å²) in [5.74, 6) is -11.7. The summed E-state index contributed by atoms with van der Waals surface area (Å²) in [6, 6.07) is 6.32. The lowest BCUT2D eigenvalue weighted by Gasteiger charge is -2.53. The Hall–Kier alpha value is -5.25. The van der Waals surface area contributed by atoms with Crippen LogP contribution in [0, 0.1) is 11.8 Å². The summed E-state index contributed by atoms with van der Waals surface area (Å²) in [6.45, 7) is 0.778. The Bertz CT molecular complexity index is 1790. The molecule has 242 valence electrons. The van der Waals surface area contributed by atoms with Crippen molar-refractivity contribution in [1.82, 2.24) is 10.2 Å². The number of ketones is 2. The molecular weight excluding hydrogens is 606 g/mol. The lowest BCUT2D eigenvalue weighted by Crippen LogP contribution is -2.67. The molecule has 3 aliphatic carbocycles. The van der Waals surface area contributed by atoms with Crippen LogP contribution in [0.25, 0.3) is 5.76 Å². The van der Waals surface area contributed by atoms with Crippen molar-refractivity contribution in [2.24, 2.45) is 11.8 Å². The molecule has 0 heterocycles. The number of hydrogen-bond donors (Lipinski definition) is 9. The zero-order valence-corrected chi connectivity index (χ0v) is 24.7. The number of carboxylic acids is 2. The van der Waals surface area contributed by atoms with E-state index in [1.807, 2.05) is 0 Å². The first-order valence-corrected chi connectivity index (χ1v) is 14.0. The van der Waals surface area contributed by atoms with Crippen molar-refractivity contribution in [3.63, 3.8) is 0 Å². The van der Waals surface area contributed by atoms with Crippen LogP contribution in [0.2, 0.25) is 0 Å². The molecule has 15 heteroatoms. The van der Waals surface area contributed by atoms with Crippen LogP contribution >= 0.6 is 0 Å². The maximum atomic E-state index is 14.1. The Morgan fingerprint density at radius 3 is 2.24 bits per heavy atom. The molecule has 0 aliphatic heterocycles. The molecule has 0 bridgehead atoms. The lowest BCUT2D eigenvalue weighted by molar-refractivity contribution is -0.159. The van der Waals surface area contributed by atoms with Crippen molar-refractivity contribution >= 4 is 40.9 Å². The monoisotopic (exact) mass is 637 g/mol. The molecule has 15 nitrogen and oxygen atoms in total. The van der Waals surface area contributed by atoms with E-state index in [9.17, 15) is 59.7 Å². The fraction of sp³-hybridized carbons (Fsp3) is 0.323. The Kier molecular flexibility index (Phi) is 7.67. The number of benzene rings is 2. The number of nitrogens with zero attached hydrogens (tertiary/aromatic N) is 1. The summed E-state index contributed by atoms with van der Waals surface area (Å²) in [5, 5.41) is 80.3. The van der Waals surface area contributed by atoms with Crippen molar-refractivity contribution in [3.8, 4) is 5.75 Å². The summed E-state index contributed by atoms with van der Waals surface area (Å²) in [7, 11) is 2.90. The van der Waals surface area contributed by atoms with Gasteiger partial charge >= 0.3 is 11.9 Å². The van der Waals surface area contributed by atoms with Crippen LogP contribution in [0.3, 0.4) is 0 Å². The molecule has 0 aromatic heterocycles. The molecule has 5 atom stereocenters. The van der Waals surface area contributed by atoms with E-state index in [0.717, 1.165) is 6.07 Å². The van der Waals surface area contributed by atoms with Gasteiger partial charge in [0.15, 0.2) is 11.4 Å². The van der Waals surface area contributed by atoms with E-state index in [-0.39, 0.29) is 23.2 Å². The SMILES string of the molecule is CN(C)[C@@H]1C(=O)C(C(=O)NCNc2cccc(C(=O)O)c2C(=O)O)=C(O)[C@@]2(O)C(=O)C3=C(O)c4c(O)cccc4[C@](C)(O)[C@H]3C[C@@H]12. The minimum atomic E-state index is -2.92. The first-order chi connectivity index (χ1) is 21.5. The normalized spacial score (nSPS) is 27.1. The summed E-state index contributed by atoms with van der Waals surface area (Å²) < 4.78 is 0. The first-order valence-electron chi connectivity index (χ1n) is 14.0. The van der Waals surface area contributed by atoms with Crippen molar-refractivity contribution in [2.45, 2.75) is 30.6 Å². The second-order valence-corrected chi connectivity index (χ2v) is 11.8. The number of phenols is 1. The van der Waals surface area contributed by atoms with Gasteiger partial charge in [-0.15, -0.1) is 0 Å². The predicted octanol–water partition coefficient (Wildman–Crippen LogP) is 0.726. The number of anilines is 1. The number of carbonyl (C=O) groups is 5. The third-order valence-corrected chi connectivity index (χ3v) is 9.04. The zero-order chi connectivity index (χ0) is 34.0. The van der Waals surface area contributed by atoms with E-state index in [1.165, 1.54) is 56.3 Å². The molecule has 2 aromatic carbocycles. The van der Waals surface area contributed by atoms with Crippen molar-refractivity contribution in [1.29, 1.82) is 0 Å². The van der Waals surface area contributed by atoms with Gasteiger partial charge in [-0.25, -0.2) is 9.59 Å². The van der Waals surface area contributed by atoms with Gasteiger partial charge in [0.05, 0.1) is 40.7 Å². The van der Waals surface area contributed by atoms with Crippen molar-refractivity contribution in [2.75, 3.05) is 26.1 Å². The minimum absolute atomic E-state index is 0.104. The quantitative estimate of drug-likeness (QED) is 0.150. The number of nitrogens with one attached hydrogen (secondary N) is 2. The van der Waals surface area contributed by atoms with Crippen molar-refractivity contribution < 1.29 is 59.7 Å². The number of Topliss-reactive ketones (excluding diaryl/α,β-unsaturated/α-hetero) is 2. The highest BCUT2D eigenvalue weighted by Crippen LogP contribution is 2.57. The maximum absolute atomic E-state index is 14.1. The number of phenolic OH excluding ortho intramolecular Hbond substituents is 1. The zero-order valence-electron chi connectivity index (χ0n) is 24.7. The summed E-state index contributed by atoms with van der Waals surface area (Å²) >= 11 is 0. The van der Waals surface area contributed by atoms with E-state index < -0.39 is 105 Å². The van der Waals surface area contributed by atoms with Gasteiger partial charge in [-0.2, -0.15) is 0 Å². The number of aliphatic hydroxyl groups is 4. The molecule has 0 spiro atoms. The number of hydrogen-bond acceptors (Lipinski definition) is 12. The van der Waals surface area contributed by atoms with Gasteiger partial charge < -0.3 is 46.4 Å². The summed E-state index contributed by atoms with van der Waals surface area (Å²) in [6.07, 6.45) is -0.309. The number of fused-ring (bicyclic) bond motifs is 3. The highest BCUT2D eigenvalue weighted by Gasteiger charge is 2.66. The van der Waals surface area contributed by atoms with Gasteiger partial charge in [0.2, 0.25) is 5.78 Å². The van der Waals surface area contributed by atoms with Gasteiger partial charge in [-0.05, 0) is 51.2 Å². The minimum Gasteiger partial charge on any atom is -0.508 e. The van der Waals surface area contributed by atoms with Gasteiger partial charge in [0.1, 0.15) is 22.8 Å². The molecule has 5 rings (SSSR count). The number of likely N-dealkylation sites (N-methyl/N-ethyl adjacent to an activating group) is 1. The molecule has 3 aliphatic rings. The number of aromatic hydroxyl groups is 1. The highest BCUT2D eigenvalue weighted by molar-refractivity contribution is 6.25. The molecule has 1 saturated carbocycles. The maximum Gasteiger partial charge on any atom is 0.338 e. The molecule has 46 heavy (non-hydrogen) atoms. The molecule has 2 aromatic rings. The third-order valence-electron chi connectivity index (χ3n) is 9.04. The summed E-state index contributed by atoms with van der Waals surface area (Å²) in [5.41, 5.74) is -7.73. The smallest absolute Gasteiger partial charge is 0.338 e. The molecule has 1 amide bonds. The number of carboxylic acid groups (broad SMARTS) is 2. The Morgan fingerprint density at radius 2 is 1.63 bits per heavy atom. The van der Waals surface area contributed by atoms with Crippen LogP contribution in [0.15, 0.2) is 53.3 Å². The molecule has 1 fully saturated rings. The number of carbonyl (C=O) groups excluding carboxylic acids is 3.